The maximum atomic E-state index is 13.5. The van der Waals surface area contributed by atoms with Gasteiger partial charge in [-0.3, -0.25) is 9.69 Å². The van der Waals surface area contributed by atoms with Crippen molar-refractivity contribution in [1.82, 2.24) is 15.2 Å². The molecule has 7 nitrogen and oxygen atoms in total. The van der Waals surface area contributed by atoms with Crippen LogP contribution in [-0.4, -0.2) is 54.4 Å². The molecule has 1 aliphatic rings. The first kappa shape index (κ1) is 33.0. The number of ether oxygens (including phenoxy) is 2. The van der Waals surface area contributed by atoms with Gasteiger partial charge in [0.2, 0.25) is 5.88 Å². The number of carbonyl (C=O) groups excluding carboxylic acids is 2. The van der Waals surface area contributed by atoms with E-state index in [0.29, 0.717) is 42.9 Å². The number of imide groups is 1. The Hall–Kier alpha value is -3.51. The monoisotopic (exact) mass is 603 g/mol. The second-order valence-corrected chi connectivity index (χ2v) is 10.3. The minimum absolute atomic E-state index is 0.0919. The molecule has 2 aromatic rings. The number of nitrogens with zero attached hydrogens (tertiary/aromatic N) is 2. The topological polar surface area (TPSA) is 80.8 Å². The number of halogens is 6. The lowest BCUT2D eigenvalue weighted by Gasteiger charge is -2.26. The average molecular weight is 604 g/mol. The lowest BCUT2D eigenvalue weighted by atomic mass is 9.90. The summed E-state index contributed by atoms with van der Waals surface area (Å²) >= 11 is 0. The Labute approximate surface area is 240 Å². The number of hydrogen-bond donors (Lipinski definition) is 1. The molecule has 42 heavy (non-hydrogen) atoms. The number of urea groups is 1. The van der Waals surface area contributed by atoms with Gasteiger partial charge in [0.1, 0.15) is 11.3 Å². The van der Waals surface area contributed by atoms with Crippen molar-refractivity contribution in [3.05, 3.63) is 52.7 Å². The summed E-state index contributed by atoms with van der Waals surface area (Å²) in [6, 6.07) is 4.56. The lowest BCUT2D eigenvalue weighted by molar-refractivity contribution is -0.253. The zero-order valence-corrected chi connectivity index (χ0v) is 23.9. The van der Waals surface area contributed by atoms with Crippen LogP contribution in [0.1, 0.15) is 74.6 Å². The molecular formula is C29H35F6N3O4. The van der Waals surface area contributed by atoms with Crippen molar-refractivity contribution in [2.75, 3.05) is 20.3 Å². The Bertz CT molecular complexity index is 1210. The Kier molecular flexibility index (Phi) is 10.4. The largest absolute Gasteiger partial charge is 0.493 e. The van der Waals surface area contributed by atoms with E-state index >= 15 is 0 Å². The number of methoxy groups -OCH3 is 1. The molecule has 3 amide bonds. The Morgan fingerprint density at radius 1 is 0.976 bits per heavy atom. The highest BCUT2D eigenvalue weighted by molar-refractivity contribution is 6.07. The minimum Gasteiger partial charge on any atom is -0.493 e. The van der Waals surface area contributed by atoms with Gasteiger partial charge >= 0.3 is 18.4 Å². The highest BCUT2D eigenvalue weighted by Gasteiger charge is 2.57. The fraction of sp³-hybridized carbons (Fsp3) is 0.552. The van der Waals surface area contributed by atoms with E-state index in [1.54, 1.807) is 32.9 Å². The maximum Gasteiger partial charge on any atom is 0.404 e. The van der Waals surface area contributed by atoms with Gasteiger partial charge in [-0.2, -0.15) is 26.3 Å². The van der Waals surface area contributed by atoms with Crippen molar-refractivity contribution in [2.24, 2.45) is 0 Å². The normalized spacial score (nSPS) is 17.6. The number of carbonyl (C=O) groups is 2. The number of nitrogens with one attached hydrogen (secondary N) is 1. The summed E-state index contributed by atoms with van der Waals surface area (Å²) in [5, 5.41) is 2.69. The average Bonchev–Trinajstić information content (AvgIpc) is 3.12. The molecule has 1 fully saturated rings. The Morgan fingerprint density at radius 2 is 1.57 bits per heavy atom. The van der Waals surface area contributed by atoms with Gasteiger partial charge in [0.05, 0.1) is 13.7 Å². The van der Waals surface area contributed by atoms with E-state index in [2.05, 4.69) is 10.3 Å². The van der Waals surface area contributed by atoms with Gasteiger partial charge in [-0.15, -0.1) is 0 Å². The summed E-state index contributed by atoms with van der Waals surface area (Å²) in [6.07, 6.45) is -7.33. The molecule has 0 radical (unpaired) electrons. The molecule has 13 heteroatoms. The number of aryl methyl sites for hydroxylation is 2. The third-order valence-electron chi connectivity index (χ3n) is 7.11. The van der Waals surface area contributed by atoms with Crippen LogP contribution in [0.15, 0.2) is 30.5 Å². The molecule has 2 heterocycles. The second-order valence-electron chi connectivity index (χ2n) is 10.3. The summed E-state index contributed by atoms with van der Waals surface area (Å²) in [7, 11) is 1.46. The lowest BCUT2D eigenvalue weighted by Crippen LogP contribution is -2.41. The summed E-state index contributed by atoms with van der Waals surface area (Å²) in [5.74, 6) is -3.39. The fourth-order valence-corrected chi connectivity index (χ4v) is 5.05. The number of pyridine rings is 1. The van der Waals surface area contributed by atoms with Gasteiger partial charge in [-0.25, -0.2) is 9.78 Å². The molecule has 1 atom stereocenters. The van der Waals surface area contributed by atoms with Crippen LogP contribution >= 0.6 is 0 Å². The van der Waals surface area contributed by atoms with Crippen LogP contribution in [-0.2, 0) is 23.2 Å². The number of rotatable bonds is 13. The Balaban J connectivity index is 1.71. The quantitative estimate of drug-likeness (QED) is 0.154. The number of hydrogen-bond acceptors (Lipinski definition) is 5. The van der Waals surface area contributed by atoms with Crippen LogP contribution in [0.5, 0.6) is 11.6 Å². The highest BCUT2D eigenvalue weighted by Crippen LogP contribution is 2.48. The summed E-state index contributed by atoms with van der Waals surface area (Å²) < 4.78 is 91.8. The first-order chi connectivity index (χ1) is 19.7. The van der Waals surface area contributed by atoms with Crippen molar-refractivity contribution >= 4 is 11.9 Å². The predicted octanol–water partition coefficient (Wildman–Crippen LogP) is 6.83. The first-order valence-corrected chi connectivity index (χ1v) is 13.7. The van der Waals surface area contributed by atoms with Crippen molar-refractivity contribution in [3.8, 4) is 11.6 Å². The number of amides is 3. The molecular weight excluding hydrogens is 568 g/mol. The molecule has 1 saturated heterocycles. The highest BCUT2D eigenvalue weighted by atomic mass is 19.4. The van der Waals surface area contributed by atoms with Crippen molar-refractivity contribution in [2.45, 2.75) is 83.1 Å². The van der Waals surface area contributed by atoms with Crippen LogP contribution in [0.25, 0.3) is 0 Å². The molecule has 3 rings (SSSR count). The minimum atomic E-state index is -5.49. The summed E-state index contributed by atoms with van der Waals surface area (Å²) in [6.45, 7) is 5.31. The van der Waals surface area contributed by atoms with E-state index in [1.807, 2.05) is 0 Å². The first-order valence-electron chi connectivity index (χ1n) is 13.7. The van der Waals surface area contributed by atoms with Crippen LogP contribution in [0.4, 0.5) is 31.1 Å². The van der Waals surface area contributed by atoms with Gasteiger partial charge in [0.15, 0.2) is 5.92 Å². The molecule has 0 bridgehead atoms. The van der Waals surface area contributed by atoms with Crippen LogP contribution in [0.3, 0.4) is 0 Å². The molecule has 232 valence electrons. The summed E-state index contributed by atoms with van der Waals surface area (Å²) in [4.78, 5) is 30.9. The number of alkyl halides is 6. The van der Waals surface area contributed by atoms with Crippen LogP contribution < -0.4 is 14.8 Å². The third-order valence-corrected chi connectivity index (χ3v) is 7.11. The van der Waals surface area contributed by atoms with E-state index in [4.69, 9.17) is 9.47 Å². The van der Waals surface area contributed by atoms with Crippen LogP contribution in [0, 0.1) is 0 Å². The van der Waals surface area contributed by atoms with Gasteiger partial charge in [0.25, 0.3) is 5.91 Å². The van der Waals surface area contributed by atoms with Crippen molar-refractivity contribution < 1.29 is 45.4 Å². The number of aromatic nitrogens is 1. The molecule has 1 N–H and O–H groups in total. The van der Waals surface area contributed by atoms with Gasteiger partial charge < -0.3 is 14.8 Å². The molecule has 1 unspecified atom stereocenters. The van der Waals surface area contributed by atoms with Crippen LogP contribution in [0.2, 0.25) is 0 Å². The summed E-state index contributed by atoms with van der Waals surface area (Å²) in [5.41, 5.74) is -1.09. The van der Waals surface area contributed by atoms with Gasteiger partial charge in [-0.1, -0.05) is 38.8 Å². The van der Waals surface area contributed by atoms with E-state index in [-0.39, 0.29) is 37.1 Å². The van der Waals surface area contributed by atoms with E-state index in [1.165, 1.54) is 13.3 Å². The second kappa shape index (κ2) is 13.2. The number of benzene rings is 1. The van der Waals surface area contributed by atoms with Crippen molar-refractivity contribution in [3.63, 3.8) is 0 Å². The molecule has 0 saturated carbocycles. The zero-order chi connectivity index (χ0) is 31.3. The molecule has 1 aromatic heterocycles. The SMILES string of the molecule is CCCc1cc(C(C(F)(F)F)C(F)(F)F)cc(CCC)c1OCCCCN1C(=O)NC(C)(c2ccc(OC)nc2)C1=O. The molecule has 0 spiro atoms. The number of unbranched alkanes of at least 4 members (excludes halogenated alkanes) is 1. The molecule has 1 aromatic carbocycles. The standard InChI is InChI=1S/C29H35F6N3O4/c1-5-9-18-15-20(24(28(30,31)32)29(33,34)35)16-19(10-6-2)23(18)42-14-8-7-13-38-25(39)27(3,37-26(38)40)21-11-12-22(41-4)36-17-21/h11-12,15-17,24H,5-10,13-14H2,1-4H3,(H,37,40). The van der Waals surface area contributed by atoms with Gasteiger partial charge in [0, 0.05) is 24.4 Å². The fourth-order valence-electron chi connectivity index (χ4n) is 5.05. The van der Waals surface area contributed by atoms with Crippen molar-refractivity contribution in [1.29, 1.82) is 0 Å². The Morgan fingerprint density at radius 3 is 2.05 bits per heavy atom. The smallest absolute Gasteiger partial charge is 0.404 e. The molecule has 0 aliphatic carbocycles. The molecule has 1 aliphatic heterocycles. The van der Waals surface area contributed by atoms with Gasteiger partial charge in [-0.05, 0) is 55.4 Å². The zero-order valence-electron chi connectivity index (χ0n) is 23.9. The van der Waals surface area contributed by atoms with E-state index < -0.39 is 41.3 Å². The van der Waals surface area contributed by atoms with E-state index in [0.717, 1.165) is 17.0 Å². The maximum absolute atomic E-state index is 13.5. The predicted molar refractivity (Wildman–Crippen MR) is 142 cm³/mol. The third kappa shape index (κ3) is 7.27. The van der Waals surface area contributed by atoms with E-state index in [9.17, 15) is 35.9 Å².